The summed E-state index contributed by atoms with van der Waals surface area (Å²) < 4.78 is 0. The van der Waals surface area contributed by atoms with E-state index in [1.165, 1.54) is 41.5 Å². The van der Waals surface area contributed by atoms with Crippen molar-refractivity contribution in [2.24, 2.45) is 0 Å². The molecule has 1 aliphatic rings. The van der Waals surface area contributed by atoms with E-state index in [9.17, 15) is 0 Å². The van der Waals surface area contributed by atoms with Crippen molar-refractivity contribution in [1.29, 1.82) is 0 Å². The van der Waals surface area contributed by atoms with E-state index >= 15 is 0 Å². The smallest absolute Gasteiger partial charge is 0.0702 e. The van der Waals surface area contributed by atoms with Crippen LogP contribution >= 0.6 is 0 Å². The highest BCUT2D eigenvalue weighted by atomic mass is 14.7. The van der Waals surface area contributed by atoms with Gasteiger partial charge in [-0.05, 0) is 42.0 Å². The molecule has 0 N–H and O–H groups in total. The molecule has 21 heavy (non-hydrogen) atoms. The summed E-state index contributed by atoms with van der Waals surface area (Å²) in [4.78, 5) is 4.62. The molecular weight excluding hydrogens is 254 g/mol. The Labute approximate surface area is 125 Å². The van der Waals surface area contributed by atoms with Gasteiger partial charge in [0.05, 0.1) is 5.69 Å². The Morgan fingerprint density at radius 2 is 1.48 bits per heavy atom. The largest absolute Gasteiger partial charge is 0.256 e. The number of hydrogen-bond donors (Lipinski definition) is 0. The predicted octanol–water partition coefficient (Wildman–Crippen LogP) is 4.90. The average molecular weight is 271 g/mol. The van der Waals surface area contributed by atoms with Crippen molar-refractivity contribution < 1.29 is 0 Å². The normalized spacial score (nSPS) is 13.1. The molecule has 0 unspecified atom stereocenters. The zero-order chi connectivity index (χ0) is 14.1. The van der Waals surface area contributed by atoms with Crippen molar-refractivity contribution in [3.8, 4) is 22.4 Å². The molecule has 0 fully saturated rings. The highest BCUT2D eigenvalue weighted by Crippen LogP contribution is 2.28. The first-order chi connectivity index (χ1) is 10.4. The van der Waals surface area contributed by atoms with Crippen molar-refractivity contribution in [2.75, 3.05) is 0 Å². The van der Waals surface area contributed by atoms with Gasteiger partial charge in [-0.3, -0.25) is 4.98 Å². The molecule has 102 valence electrons. The van der Waals surface area contributed by atoms with E-state index in [1.54, 1.807) is 0 Å². The van der Waals surface area contributed by atoms with Gasteiger partial charge in [-0.25, -0.2) is 0 Å². The maximum Gasteiger partial charge on any atom is 0.0702 e. The van der Waals surface area contributed by atoms with Crippen molar-refractivity contribution in [1.82, 2.24) is 4.98 Å². The topological polar surface area (TPSA) is 12.9 Å². The molecule has 0 bridgehead atoms. The fourth-order valence-electron chi connectivity index (χ4n) is 3.10. The number of aromatic nitrogens is 1. The zero-order valence-corrected chi connectivity index (χ0v) is 11.9. The molecule has 0 radical (unpaired) electrons. The Bertz CT molecular complexity index is 758. The van der Waals surface area contributed by atoms with E-state index in [0.29, 0.717) is 0 Å². The van der Waals surface area contributed by atoms with Gasteiger partial charge in [0.25, 0.3) is 0 Å². The number of benzene rings is 2. The highest BCUT2D eigenvalue weighted by Gasteiger charge is 2.11. The first-order valence-corrected chi connectivity index (χ1v) is 7.54. The van der Waals surface area contributed by atoms with Gasteiger partial charge in [-0.2, -0.15) is 0 Å². The third-order valence-corrected chi connectivity index (χ3v) is 4.26. The van der Waals surface area contributed by atoms with E-state index in [2.05, 4.69) is 47.4 Å². The zero-order valence-electron chi connectivity index (χ0n) is 11.9. The molecule has 0 spiro atoms. The van der Waals surface area contributed by atoms with Gasteiger partial charge in [-0.1, -0.05) is 54.6 Å². The second-order valence-corrected chi connectivity index (χ2v) is 5.64. The molecule has 4 rings (SSSR count). The molecule has 3 aromatic rings. The number of fused-ring (bicyclic) bond motifs is 1. The van der Waals surface area contributed by atoms with Crippen molar-refractivity contribution >= 4 is 0 Å². The van der Waals surface area contributed by atoms with Crippen LogP contribution in [0.1, 0.15) is 17.5 Å². The molecule has 2 aromatic carbocycles. The minimum atomic E-state index is 1.03. The lowest BCUT2D eigenvalue weighted by atomic mass is 10.0. The first-order valence-electron chi connectivity index (χ1n) is 7.54. The molecule has 0 saturated carbocycles. The quantitative estimate of drug-likeness (QED) is 0.645. The minimum absolute atomic E-state index is 1.03. The summed E-state index contributed by atoms with van der Waals surface area (Å²) in [5.74, 6) is 0. The van der Waals surface area contributed by atoms with Gasteiger partial charge in [-0.15, -0.1) is 0 Å². The fraction of sp³-hybridized carbons (Fsp3) is 0.150. The van der Waals surface area contributed by atoms with Gasteiger partial charge in [0.1, 0.15) is 0 Å². The standard InChI is InChI=1S/C20H17N/c1-2-5-16(6-3-1)20-12-11-19(14-21-20)18-10-9-15-7-4-8-17(15)13-18/h1-3,5-6,9-14H,4,7-8H2. The van der Waals surface area contributed by atoms with Crippen LogP contribution in [0.2, 0.25) is 0 Å². The van der Waals surface area contributed by atoms with Crippen LogP contribution in [0.15, 0.2) is 66.9 Å². The Morgan fingerprint density at radius 1 is 0.667 bits per heavy atom. The summed E-state index contributed by atoms with van der Waals surface area (Å²) >= 11 is 0. The van der Waals surface area contributed by atoms with Crippen LogP contribution in [0.4, 0.5) is 0 Å². The Hall–Kier alpha value is -2.41. The second kappa shape index (κ2) is 5.17. The SMILES string of the molecule is c1ccc(-c2ccc(-c3ccc4c(c3)CCC4)cn2)cc1. The molecule has 1 heteroatoms. The molecule has 0 amide bonds. The second-order valence-electron chi connectivity index (χ2n) is 5.64. The summed E-state index contributed by atoms with van der Waals surface area (Å²) in [5.41, 5.74) is 7.71. The lowest BCUT2D eigenvalue weighted by Crippen LogP contribution is -1.87. The lowest BCUT2D eigenvalue weighted by molar-refractivity contribution is 0.912. The summed E-state index contributed by atoms with van der Waals surface area (Å²) in [6, 6.07) is 21.4. The average Bonchev–Trinajstić information content (AvgIpc) is 3.03. The van der Waals surface area contributed by atoms with Gasteiger partial charge in [0.2, 0.25) is 0 Å². The third kappa shape index (κ3) is 2.36. The van der Waals surface area contributed by atoms with Crippen LogP contribution in [0, 0.1) is 0 Å². The van der Waals surface area contributed by atoms with Crippen LogP contribution in [0.3, 0.4) is 0 Å². The summed E-state index contributed by atoms with van der Waals surface area (Å²) in [7, 11) is 0. The first kappa shape index (κ1) is 12.3. The van der Waals surface area contributed by atoms with E-state index in [1.807, 2.05) is 24.4 Å². The number of pyridine rings is 1. The number of rotatable bonds is 2. The molecule has 0 aliphatic heterocycles. The van der Waals surface area contributed by atoms with E-state index < -0.39 is 0 Å². The summed E-state index contributed by atoms with van der Waals surface area (Å²) in [6.45, 7) is 0. The van der Waals surface area contributed by atoms with E-state index in [-0.39, 0.29) is 0 Å². The Balaban J connectivity index is 1.68. The van der Waals surface area contributed by atoms with Crippen LogP contribution < -0.4 is 0 Å². The van der Waals surface area contributed by atoms with Crippen LogP contribution in [-0.2, 0) is 12.8 Å². The molecule has 1 heterocycles. The van der Waals surface area contributed by atoms with Crippen molar-refractivity contribution in [3.63, 3.8) is 0 Å². The molecule has 0 saturated heterocycles. The maximum absolute atomic E-state index is 4.62. The van der Waals surface area contributed by atoms with Crippen LogP contribution in [0.5, 0.6) is 0 Å². The van der Waals surface area contributed by atoms with Crippen LogP contribution in [0.25, 0.3) is 22.4 Å². The molecule has 1 nitrogen and oxygen atoms in total. The van der Waals surface area contributed by atoms with E-state index in [4.69, 9.17) is 0 Å². The predicted molar refractivity (Wildman–Crippen MR) is 87.1 cm³/mol. The van der Waals surface area contributed by atoms with Crippen LogP contribution in [-0.4, -0.2) is 4.98 Å². The molecule has 1 aromatic heterocycles. The molecular formula is C20H17N. The Morgan fingerprint density at radius 3 is 2.29 bits per heavy atom. The van der Waals surface area contributed by atoms with Crippen molar-refractivity contribution in [2.45, 2.75) is 19.3 Å². The number of nitrogens with zero attached hydrogens (tertiary/aromatic N) is 1. The molecule has 0 atom stereocenters. The maximum atomic E-state index is 4.62. The monoisotopic (exact) mass is 271 g/mol. The number of aryl methyl sites for hydroxylation is 2. The van der Waals surface area contributed by atoms with Gasteiger partial charge in [0.15, 0.2) is 0 Å². The summed E-state index contributed by atoms with van der Waals surface area (Å²) in [6.07, 6.45) is 5.74. The highest BCUT2D eigenvalue weighted by molar-refractivity contribution is 5.68. The fourth-order valence-corrected chi connectivity index (χ4v) is 3.10. The van der Waals surface area contributed by atoms with Gasteiger partial charge < -0.3 is 0 Å². The Kier molecular flexibility index (Phi) is 3.04. The number of hydrogen-bond acceptors (Lipinski definition) is 1. The third-order valence-electron chi connectivity index (χ3n) is 4.26. The van der Waals surface area contributed by atoms with Gasteiger partial charge >= 0.3 is 0 Å². The lowest BCUT2D eigenvalue weighted by Gasteiger charge is -2.06. The van der Waals surface area contributed by atoms with E-state index in [0.717, 1.165) is 11.3 Å². The minimum Gasteiger partial charge on any atom is -0.256 e. The van der Waals surface area contributed by atoms with Crippen molar-refractivity contribution in [3.05, 3.63) is 78.0 Å². The van der Waals surface area contributed by atoms with Gasteiger partial charge in [0, 0.05) is 17.3 Å². The molecule has 1 aliphatic carbocycles. The summed E-state index contributed by atoms with van der Waals surface area (Å²) in [5, 5.41) is 0.